The van der Waals surface area contributed by atoms with Gasteiger partial charge in [-0.15, -0.1) is 0 Å². The predicted octanol–water partition coefficient (Wildman–Crippen LogP) is 4.37. The predicted molar refractivity (Wildman–Crippen MR) is 126 cm³/mol. The Labute approximate surface area is 206 Å². The van der Waals surface area contributed by atoms with E-state index in [0.29, 0.717) is 0 Å². The number of amides is 1. The van der Waals surface area contributed by atoms with E-state index in [1.807, 2.05) is 38.1 Å². The van der Waals surface area contributed by atoms with Crippen molar-refractivity contribution in [3.63, 3.8) is 0 Å². The number of esters is 1. The molecule has 0 spiro atoms. The van der Waals surface area contributed by atoms with Crippen LogP contribution in [0.3, 0.4) is 0 Å². The maximum atomic E-state index is 13.8. The minimum Gasteiger partial charge on any atom is -0.461 e. The zero-order valence-corrected chi connectivity index (χ0v) is 20.0. The van der Waals surface area contributed by atoms with Crippen LogP contribution in [0.1, 0.15) is 48.3 Å². The summed E-state index contributed by atoms with van der Waals surface area (Å²) in [5, 5.41) is 2.72. The molecule has 1 aliphatic rings. The summed E-state index contributed by atoms with van der Waals surface area (Å²) in [5.41, 5.74) is 0.773. The largest absolute Gasteiger partial charge is 0.461 e. The van der Waals surface area contributed by atoms with Crippen LogP contribution in [0, 0.1) is 0 Å². The molecule has 0 radical (unpaired) electrons. The topological polar surface area (TPSA) is 107 Å². The zero-order valence-electron chi connectivity index (χ0n) is 20.0. The van der Waals surface area contributed by atoms with E-state index < -0.39 is 23.9 Å². The number of aromatic nitrogens is 2. The van der Waals surface area contributed by atoms with E-state index in [2.05, 4.69) is 20.0 Å². The van der Waals surface area contributed by atoms with Gasteiger partial charge in [-0.3, -0.25) is 4.79 Å². The van der Waals surface area contributed by atoms with E-state index in [0.717, 1.165) is 11.1 Å². The van der Waals surface area contributed by atoms with Crippen LogP contribution in [0.2, 0.25) is 0 Å². The number of alkyl halides is 2. The summed E-state index contributed by atoms with van der Waals surface area (Å²) >= 11 is 0. The first-order valence-corrected chi connectivity index (χ1v) is 11.4. The van der Waals surface area contributed by atoms with E-state index in [1.165, 1.54) is 24.6 Å². The van der Waals surface area contributed by atoms with Gasteiger partial charge in [0, 0.05) is 19.3 Å². The molecule has 0 saturated carbocycles. The highest BCUT2D eigenvalue weighted by atomic mass is 19.3. The number of benzene rings is 1. The summed E-state index contributed by atoms with van der Waals surface area (Å²) in [6, 6.07) is 10.7. The van der Waals surface area contributed by atoms with Crippen LogP contribution in [0.4, 0.5) is 20.5 Å². The molecule has 0 bridgehead atoms. The molecule has 1 N–H and O–H groups in total. The maximum absolute atomic E-state index is 13.8. The summed E-state index contributed by atoms with van der Waals surface area (Å²) in [6.45, 7) is 3.20. The van der Waals surface area contributed by atoms with Crippen LogP contribution in [0.5, 0.6) is 5.88 Å². The van der Waals surface area contributed by atoms with Crippen molar-refractivity contribution >= 4 is 23.6 Å². The highest BCUT2D eigenvalue weighted by Crippen LogP contribution is 2.42. The number of hydrogen-bond donors (Lipinski definition) is 1. The number of carbonyl (C=O) groups is 2. The summed E-state index contributed by atoms with van der Waals surface area (Å²) < 4.78 is 40.6. The fourth-order valence-corrected chi connectivity index (χ4v) is 4.23. The second-order valence-electron chi connectivity index (χ2n) is 8.60. The minimum absolute atomic E-state index is 0.0283. The number of oxazole rings is 1. The van der Waals surface area contributed by atoms with Gasteiger partial charge in [0.1, 0.15) is 17.4 Å². The van der Waals surface area contributed by atoms with Gasteiger partial charge < -0.3 is 24.1 Å². The summed E-state index contributed by atoms with van der Waals surface area (Å²) in [6.07, 6.45) is 2.51. The monoisotopic (exact) mass is 500 g/mol. The van der Waals surface area contributed by atoms with E-state index in [-0.39, 0.29) is 48.9 Å². The van der Waals surface area contributed by atoms with Crippen molar-refractivity contribution in [2.75, 3.05) is 29.9 Å². The molecule has 3 aromatic rings. The lowest BCUT2D eigenvalue weighted by molar-refractivity contribution is -0.122. The van der Waals surface area contributed by atoms with E-state index >= 15 is 0 Å². The van der Waals surface area contributed by atoms with Gasteiger partial charge in [0.05, 0.1) is 6.61 Å². The van der Waals surface area contributed by atoms with Crippen molar-refractivity contribution < 1.29 is 32.3 Å². The molecule has 4 rings (SSSR count). The van der Waals surface area contributed by atoms with Crippen molar-refractivity contribution in [2.24, 2.45) is 0 Å². The Balaban J connectivity index is 1.66. The van der Waals surface area contributed by atoms with Crippen molar-refractivity contribution in [2.45, 2.75) is 38.7 Å². The molecule has 0 atom stereocenters. The molecule has 1 aliphatic heterocycles. The van der Waals surface area contributed by atoms with Crippen molar-refractivity contribution in [3.05, 3.63) is 65.7 Å². The van der Waals surface area contributed by atoms with Gasteiger partial charge in [-0.05, 0) is 36.1 Å². The lowest BCUT2D eigenvalue weighted by Gasteiger charge is -2.49. The molecular formula is C25H26F2N4O5. The van der Waals surface area contributed by atoms with E-state index in [4.69, 9.17) is 9.15 Å². The second-order valence-corrected chi connectivity index (χ2v) is 8.60. The summed E-state index contributed by atoms with van der Waals surface area (Å²) in [5.74, 6) is -1.29. The standard InChI is InChI=1S/C25H26F2N4O5/c1-4-34-21(32)19-12-35-24(30-19)31-13-25(14-31,17-9-6-5-8-16(17)15(2)3)22(33)29-18-10-7-11-28-20(18)36-23(26)27/h5-12,15,23H,4,13-14H2,1-3H3,(H,29,33). The van der Waals surface area contributed by atoms with Crippen LogP contribution < -0.4 is 15.0 Å². The Kier molecular flexibility index (Phi) is 7.18. The average Bonchev–Trinajstić information content (AvgIpc) is 3.30. The Bertz CT molecular complexity index is 1240. The zero-order chi connectivity index (χ0) is 25.9. The van der Waals surface area contributed by atoms with Gasteiger partial charge in [0.15, 0.2) is 5.69 Å². The SMILES string of the molecule is CCOC(=O)c1coc(N2CC(C(=O)Nc3cccnc3OC(F)F)(c3ccccc3C(C)C)C2)n1. The van der Waals surface area contributed by atoms with Crippen LogP contribution in [0.15, 0.2) is 53.3 Å². The Morgan fingerprint density at radius 1 is 1.19 bits per heavy atom. The van der Waals surface area contributed by atoms with Crippen LogP contribution in [-0.2, 0) is 14.9 Å². The number of rotatable bonds is 9. The van der Waals surface area contributed by atoms with Gasteiger partial charge in [-0.25, -0.2) is 9.78 Å². The first-order valence-electron chi connectivity index (χ1n) is 11.4. The molecule has 190 valence electrons. The molecule has 2 aromatic heterocycles. The molecule has 1 fully saturated rings. The number of hydrogen-bond acceptors (Lipinski definition) is 8. The van der Waals surface area contributed by atoms with Gasteiger partial charge in [0.2, 0.25) is 11.8 Å². The third kappa shape index (κ3) is 4.86. The van der Waals surface area contributed by atoms with E-state index in [9.17, 15) is 18.4 Å². The highest BCUT2D eigenvalue weighted by molar-refractivity contribution is 6.02. The number of nitrogens with one attached hydrogen (secondary N) is 1. The summed E-state index contributed by atoms with van der Waals surface area (Å²) in [7, 11) is 0. The fourth-order valence-electron chi connectivity index (χ4n) is 4.23. The average molecular weight is 501 g/mol. The molecule has 1 amide bonds. The van der Waals surface area contributed by atoms with Crippen LogP contribution in [0.25, 0.3) is 0 Å². The van der Waals surface area contributed by atoms with Crippen LogP contribution >= 0.6 is 0 Å². The molecule has 0 aliphatic carbocycles. The quantitative estimate of drug-likeness (QED) is 0.432. The molecule has 9 nitrogen and oxygen atoms in total. The van der Waals surface area contributed by atoms with Crippen molar-refractivity contribution in [1.82, 2.24) is 9.97 Å². The molecule has 11 heteroatoms. The lowest BCUT2D eigenvalue weighted by Crippen LogP contribution is -2.65. The number of anilines is 2. The molecule has 1 aromatic carbocycles. The molecule has 3 heterocycles. The smallest absolute Gasteiger partial charge is 0.388 e. The number of halogens is 2. The number of nitrogens with zero attached hydrogens (tertiary/aromatic N) is 3. The second kappa shape index (κ2) is 10.3. The minimum atomic E-state index is -3.09. The van der Waals surface area contributed by atoms with Gasteiger partial charge in [0.25, 0.3) is 6.01 Å². The number of ether oxygens (including phenoxy) is 2. The molecule has 36 heavy (non-hydrogen) atoms. The third-order valence-corrected chi connectivity index (χ3v) is 5.92. The first kappa shape index (κ1) is 25.1. The maximum Gasteiger partial charge on any atom is 0.388 e. The molecule has 0 unspecified atom stereocenters. The Morgan fingerprint density at radius 2 is 1.94 bits per heavy atom. The Morgan fingerprint density at radius 3 is 2.64 bits per heavy atom. The fraction of sp³-hybridized carbons (Fsp3) is 0.360. The molecular weight excluding hydrogens is 474 g/mol. The van der Waals surface area contributed by atoms with Crippen LogP contribution in [-0.4, -0.2) is 48.2 Å². The van der Waals surface area contributed by atoms with E-state index in [1.54, 1.807) is 11.8 Å². The van der Waals surface area contributed by atoms with Crippen molar-refractivity contribution in [3.8, 4) is 5.88 Å². The highest BCUT2D eigenvalue weighted by Gasteiger charge is 2.53. The first-order chi connectivity index (χ1) is 17.2. The molecule has 1 saturated heterocycles. The Hall–Kier alpha value is -4.02. The third-order valence-electron chi connectivity index (χ3n) is 5.92. The lowest BCUT2D eigenvalue weighted by atomic mass is 9.70. The van der Waals surface area contributed by atoms with Crippen molar-refractivity contribution in [1.29, 1.82) is 0 Å². The number of carbonyl (C=O) groups excluding carboxylic acids is 2. The van der Waals surface area contributed by atoms with Gasteiger partial charge in [-0.2, -0.15) is 13.8 Å². The summed E-state index contributed by atoms with van der Waals surface area (Å²) in [4.78, 5) is 35.5. The van der Waals surface area contributed by atoms with Gasteiger partial charge >= 0.3 is 12.6 Å². The van der Waals surface area contributed by atoms with Gasteiger partial charge in [-0.1, -0.05) is 38.1 Å². The number of pyridine rings is 1. The normalized spacial score (nSPS) is 14.5.